The van der Waals surface area contributed by atoms with E-state index in [9.17, 15) is 0 Å². The van der Waals surface area contributed by atoms with Crippen LogP contribution in [-0.4, -0.2) is 124 Å². The normalized spacial score (nSPS) is 11.1. The number of aliphatic hydroxyl groups excluding tert-OH is 9. The van der Waals surface area contributed by atoms with Crippen LogP contribution in [0.15, 0.2) is 0 Å². The van der Waals surface area contributed by atoms with Crippen molar-refractivity contribution in [1.82, 2.24) is 0 Å². The van der Waals surface area contributed by atoms with E-state index in [-0.39, 0.29) is 52.7 Å². The lowest BCUT2D eigenvalue weighted by Gasteiger charge is -2.03. The van der Waals surface area contributed by atoms with Crippen molar-refractivity contribution < 1.29 is 46.0 Å². The molecule has 28 heavy (non-hydrogen) atoms. The number of hydrogen-bond donors (Lipinski definition) is 12. The summed E-state index contributed by atoms with van der Waals surface area (Å²) in [6, 6.07) is 0. The second-order valence-corrected chi connectivity index (χ2v) is 4.94. The van der Waals surface area contributed by atoms with Gasteiger partial charge in [0.15, 0.2) is 0 Å². The molecule has 0 amide bonds. The predicted molar refractivity (Wildman–Crippen MR) is 107 cm³/mol. The van der Waals surface area contributed by atoms with Crippen LogP contribution in [0.4, 0.5) is 0 Å². The van der Waals surface area contributed by atoms with Gasteiger partial charge in [-0.15, -0.1) is 0 Å². The van der Waals surface area contributed by atoms with Crippen molar-refractivity contribution in [2.45, 2.75) is 37.9 Å². The molecule has 0 heterocycles. The predicted octanol–water partition coefficient (Wildman–Crippen LogP) is -4.96. The van der Waals surface area contributed by atoms with E-state index >= 15 is 0 Å². The van der Waals surface area contributed by atoms with E-state index in [1.54, 1.807) is 0 Å². The second-order valence-electron chi connectivity index (χ2n) is 4.94. The molecule has 178 valence electrons. The van der Waals surface area contributed by atoms with Crippen molar-refractivity contribution in [3.8, 4) is 0 Å². The van der Waals surface area contributed by atoms with Crippen LogP contribution in [0.1, 0.15) is 25.7 Å². The van der Waals surface area contributed by atoms with Gasteiger partial charge in [-0.1, -0.05) is 0 Å². The van der Waals surface area contributed by atoms with Crippen molar-refractivity contribution in [3.05, 3.63) is 0 Å². The van der Waals surface area contributed by atoms with Gasteiger partial charge in [-0.05, 0) is 25.7 Å². The van der Waals surface area contributed by atoms with Gasteiger partial charge in [0.05, 0.1) is 45.2 Å². The van der Waals surface area contributed by atoms with Crippen LogP contribution in [0.25, 0.3) is 0 Å². The molecule has 0 aromatic carbocycles. The maximum absolute atomic E-state index is 8.75. The van der Waals surface area contributed by atoms with Crippen LogP contribution in [0.5, 0.6) is 0 Å². The summed E-state index contributed by atoms with van der Waals surface area (Å²) >= 11 is 0. The van der Waals surface area contributed by atoms with Crippen molar-refractivity contribution in [3.63, 3.8) is 0 Å². The smallest absolute Gasteiger partial charge is 0.0792 e. The van der Waals surface area contributed by atoms with Crippen LogP contribution in [0.2, 0.25) is 0 Å². The average Bonchev–Trinajstić information content (AvgIpc) is 2.74. The molecule has 0 aliphatic heterocycles. The van der Waals surface area contributed by atoms with Crippen molar-refractivity contribution in [2.24, 2.45) is 17.2 Å². The van der Waals surface area contributed by atoms with E-state index in [0.717, 1.165) is 6.42 Å². The first-order chi connectivity index (χ1) is 13.4. The summed E-state index contributed by atoms with van der Waals surface area (Å²) in [5, 5.41) is 73.3. The molecule has 0 aliphatic rings. The number of hydrogen-bond acceptors (Lipinski definition) is 12. The first-order valence-corrected chi connectivity index (χ1v) is 9.09. The van der Waals surface area contributed by atoms with Gasteiger partial charge in [0.2, 0.25) is 0 Å². The molecule has 0 bridgehead atoms. The Labute approximate surface area is 167 Å². The fraction of sp³-hybridized carbons (Fsp3) is 1.00. The summed E-state index contributed by atoms with van der Waals surface area (Å²) in [5.74, 6) is 0. The molecule has 15 N–H and O–H groups in total. The van der Waals surface area contributed by atoms with Gasteiger partial charge >= 0.3 is 0 Å². The van der Waals surface area contributed by atoms with E-state index < -0.39 is 12.2 Å². The Hall–Kier alpha value is -0.480. The highest BCUT2D eigenvalue weighted by atomic mass is 16.3. The molecule has 0 radical (unpaired) electrons. The summed E-state index contributed by atoms with van der Waals surface area (Å²) in [6.07, 6.45) is 0.976. The third kappa shape index (κ3) is 72.8. The van der Waals surface area contributed by atoms with E-state index in [0.29, 0.717) is 32.5 Å². The minimum Gasteiger partial charge on any atom is -0.396 e. The largest absolute Gasteiger partial charge is 0.396 e. The van der Waals surface area contributed by atoms with Crippen LogP contribution in [0.3, 0.4) is 0 Å². The van der Waals surface area contributed by atoms with Crippen molar-refractivity contribution >= 4 is 0 Å². The molecule has 0 fully saturated rings. The van der Waals surface area contributed by atoms with E-state index in [1.807, 2.05) is 0 Å². The fourth-order valence-corrected chi connectivity index (χ4v) is 0.823. The van der Waals surface area contributed by atoms with Crippen LogP contribution in [-0.2, 0) is 0 Å². The number of nitrogens with two attached hydrogens (primary N) is 3. The maximum atomic E-state index is 8.75. The zero-order valence-electron chi connectivity index (χ0n) is 16.8. The Morgan fingerprint density at radius 3 is 0.964 bits per heavy atom. The molecule has 0 rings (SSSR count). The molecule has 0 aromatic heterocycles. The standard InChI is InChI=1S/C6H14O3.C4H10O3.3C2H7NO/c7-4-2-1-3-6(9)5-8;5-2-1-4(7)3-6;3*3-1-2-4/h6-9H,1-5H2;4-7H,1-3H2;3*4H,1-3H2. The first kappa shape index (κ1) is 38.2. The molecular formula is C16H45N3O9. The molecule has 0 saturated carbocycles. The number of aliphatic hydroxyl groups is 9. The lowest BCUT2D eigenvalue weighted by Crippen LogP contribution is -2.12. The van der Waals surface area contributed by atoms with Gasteiger partial charge in [-0.25, -0.2) is 0 Å². The van der Waals surface area contributed by atoms with Gasteiger partial charge in [0, 0.05) is 32.8 Å². The molecule has 2 atom stereocenters. The zero-order chi connectivity index (χ0) is 23.1. The number of rotatable bonds is 11. The quantitative estimate of drug-likeness (QED) is 0.139. The third-order valence-electron chi connectivity index (χ3n) is 2.22. The van der Waals surface area contributed by atoms with E-state index in [4.69, 9.17) is 63.2 Å². The van der Waals surface area contributed by atoms with Gasteiger partial charge in [0.1, 0.15) is 0 Å². The minimum atomic E-state index is -0.745. The fourth-order valence-electron chi connectivity index (χ4n) is 0.823. The summed E-state index contributed by atoms with van der Waals surface area (Å²) in [7, 11) is 0. The molecule has 0 saturated heterocycles. The molecule has 2 unspecified atom stereocenters. The van der Waals surface area contributed by atoms with E-state index in [1.165, 1.54) is 0 Å². The van der Waals surface area contributed by atoms with Crippen LogP contribution < -0.4 is 17.2 Å². The Balaban J connectivity index is -0.0000000829. The Morgan fingerprint density at radius 2 is 0.786 bits per heavy atom. The summed E-state index contributed by atoms with van der Waals surface area (Å²) in [6.45, 7) is 1.08. The number of unbranched alkanes of at least 4 members (excludes halogenated alkanes) is 1. The van der Waals surface area contributed by atoms with E-state index in [2.05, 4.69) is 0 Å². The van der Waals surface area contributed by atoms with Gasteiger partial charge in [-0.2, -0.15) is 0 Å². The highest BCUT2D eigenvalue weighted by Crippen LogP contribution is 1.98. The summed E-state index contributed by atoms with van der Waals surface area (Å²) < 4.78 is 0. The Kier molecular flexibility index (Phi) is 61.8. The lowest BCUT2D eigenvalue weighted by molar-refractivity contribution is 0.0721. The molecule has 0 spiro atoms. The van der Waals surface area contributed by atoms with Gasteiger partial charge in [-0.3, -0.25) is 0 Å². The highest BCUT2D eigenvalue weighted by molar-refractivity contribution is 4.51. The maximum Gasteiger partial charge on any atom is 0.0792 e. The zero-order valence-corrected chi connectivity index (χ0v) is 16.8. The Bertz CT molecular complexity index is 195. The highest BCUT2D eigenvalue weighted by Gasteiger charge is 1.99. The van der Waals surface area contributed by atoms with Crippen molar-refractivity contribution in [1.29, 1.82) is 0 Å². The summed E-state index contributed by atoms with van der Waals surface area (Å²) in [5.41, 5.74) is 14.3. The third-order valence-corrected chi connectivity index (χ3v) is 2.22. The lowest BCUT2D eigenvalue weighted by atomic mass is 10.2. The van der Waals surface area contributed by atoms with Crippen LogP contribution >= 0.6 is 0 Å². The topological polar surface area (TPSA) is 260 Å². The van der Waals surface area contributed by atoms with Gasteiger partial charge < -0.3 is 63.2 Å². The molecular weight excluding hydrogens is 378 g/mol. The first-order valence-electron chi connectivity index (χ1n) is 9.09. The van der Waals surface area contributed by atoms with Crippen LogP contribution in [0, 0.1) is 0 Å². The molecule has 12 heteroatoms. The van der Waals surface area contributed by atoms with Crippen molar-refractivity contribution in [2.75, 3.05) is 65.9 Å². The summed E-state index contributed by atoms with van der Waals surface area (Å²) in [4.78, 5) is 0. The van der Waals surface area contributed by atoms with Gasteiger partial charge in [0.25, 0.3) is 0 Å². The monoisotopic (exact) mass is 423 g/mol. The average molecular weight is 424 g/mol. The second kappa shape index (κ2) is 45.3. The molecule has 0 aliphatic carbocycles. The SMILES string of the molecule is NCCO.NCCO.NCCO.OCCC(O)CO.OCCCCC(O)CO. The Morgan fingerprint density at radius 1 is 0.464 bits per heavy atom. The molecule has 12 nitrogen and oxygen atoms in total. The molecule has 0 aromatic rings. The minimum absolute atomic E-state index is 0.0677.